The molecule has 3 saturated heterocycles. The fourth-order valence-electron chi connectivity index (χ4n) is 4.18. The number of likely N-dealkylation sites (tertiary alicyclic amines) is 1. The number of nitrogens with one attached hydrogen (secondary N) is 1. The summed E-state index contributed by atoms with van der Waals surface area (Å²) >= 11 is 0. The smallest absolute Gasteiger partial charge is 0.227 e. The van der Waals surface area contributed by atoms with Gasteiger partial charge in [-0.3, -0.25) is 4.79 Å². The Labute approximate surface area is 110 Å². The third-order valence-corrected chi connectivity index (χ3v) is 5.24. The van der Waals surface area contributed by atoms with Crippen LogP contribution < -0.4 is 5.32 Å². The molecule has 0 radical (unpaired) electrons. The molecule has 3 aliphatic heterocycles. The summed E-state index contributed by atoms with van der Waals surface area (Å²) in [4.78, 5) is 14.7. The number of carbonyl (C=O) groups excluding carboxylic acids is 1. The summed E-state index contributed by atoms with van der Waals surface area (Å²) in [6.45, 7) is 4.28. The second-order valence-corrected chi connectivity index (χ2v) is 6.45. The molecular formula is C15H26N2O. The van der Waals surface area contributed by atoms with Crippen molar-refractivity contribution in [3.8, 4) is 0 Å². The van der Waals surface area contributed by atoms with Crippen molar-refractivity contribution < 1.29 is 4.79 Å². The van der Waals surface area contributed by atoms with Crippen molar-refractivity contribution in [2.75, 3.05) is 13.1 Å². The first kappa shape index (κ1) is 12.5. The molecule has 0 saturated carbocycles. The van der Waals surface area contributed by atoms with Crippen LogP contribution in [-0.4, -0.2) is 36.0 Å². The van der Waals surface area contributed by atoms with E-state index in [-0.39, 0.29) is 0 Å². The number of amides is 1. The van der Waals surface area contributed by atoms with Gasteiger partial charge in [0.15, 0.2) is 0 Å². The van der Waals surface area contributed by atoms with Gasteiger partial charge in [0.2, 0.25) is 5.91 Å². The van der Waals surface area contributed by atoms with Crippen molar-refractivity contribution in [2.24, 2.45) is 11.8 Å². The van der Waals surface area contributed by atoms with E-state index in [4.69, 9.17) is 0 Å². The van der Waals surface area contributed by atoms with Crippen molar-refractivity contribution in [2.45, 2.75) is 64.0 Å². The zero-order valence-electron chi connectivity index (χ0n) is 11.5. The van der Waals surface area contributed by atoms with Crippen LogP contribution in [0.5, 0.6) is 0 Å². The zero-order valence-corrected chi connectivity index (χ0v) is 11.5. The molecule has 0 aliphatic carbocycles. The lowest BCUT2D eigenvalue weighted by Gasteiger charge is -2.35. The molecule has 0 aromatic rings. The molecule has 2 bridgehead atoms. The summed E-state index contributed by atoms with van der Waals surface area (Å²) in [5.41, 5.74) is 0. The normalized spacial score (nSPS) is 36.3. The van der Waals surface area contributed by atoms with E-state index < -0.39 is 0 Å². The van der Waals surface area contributed by atoms with Gasteiger partial charge < -0.3 is 10.2 Å². The van der Waals surface area contributed by atoms with Gasteiger partial charge in [0.05, 0.1) is 5.92 Å². The van der Waals surface area contributed by atoms with Crippen LogP contribution in [-0.2, 0) is 4.79 Å². The van der Waals surface area contributed by atoms with Crippen LogP contribution >= 0.6 is 0 Å². The van der Waals surface area contributed by atoms with Gasteiger partial charge in [-0.2, -0.15) is 0 Å². The van der Waals surface area contributed by atoms with Gasteiger partial charge >= 0.3 is 0 Å². The van der Waals surface area contributed by atoms with Crippen molar-refractivity contribution >= 4 is 5.91 Å². The second-order valence-electron chi connectivity index (χ2n) is 6.45. The van der Waals surface area contributed by atoms with E-state index in [1.165, 1.54) is 38.5 Å². The van der Waals surface area contributed by atoms with Crippen LogP contribution in [0.15, 0.2) is 0 Å². The molecule has 3 aliphatic rings. The van der Waals surface area contributed by atoms with E-state index in [1.807, 2.05) is 0 Å². The Morgan fingerprint density at radius 1 is 1.22 bits per heavy atom. The second kappa shape index (κ2) is 5.20. The SMILES string of the molecule is CCCC1CCN(C(=O)C2CC3CCC2N3)CC1. The van der Waals surface area contributed by atoms with E-state index in [0.29, 0.717) is 23.9 Å². The minimum Gasteiger partial charge on any atom is -0.342 e. The number of nitrogens with zero attached hydrogens (tertiary/aromatic N) is 1. The number of hydrogen-bond acceptors (Lipinski definition) is 2. The number of hydrogen-bond donors (Lipinski definition) is 1. The molecule has 3 fully saturated rings. The molecule has 18 heavy (non-hydrogen) atoms. The highest BCUT2D eigenvalue weighted by atomic mass is 16.2. The van der Waals surface area contributed by atoms with Crippen LogP contribution in [0.4, 0.5) is 0 Å². The van der Waals surface area contributed by atoms with E-state index in [0.717, 1.165) is 25.4 Å². The van der Waals surface area contributed by atoms with Gasteiger partial charge in [-0.1, -0.05) is 19.8 Å². The maximum Gasteiger partial charge on any atom is 0.227 e. The molecule has 3 unspecified atom stereocenters. The zero-order chi connectivity index (χ0) is 12.5. The van der Waals surface area contributed by atoms with Gasteiger partial charge in [0.25, 0.3) is 0 Å². The van der Waals surface area contributed by atoms with Gasteiger partial charge in [-0.15, -0.1) is 0 Å². The van der Waals surface area contributed by atoms with Crippen molar-refractivity contribution in [3.05, 3.63) is 0 Å². The maximum atomic E-state index is 12.5. The predicted molar refractivity (Wildman–Crippen MR) is 72.3 cm³/mol. The third kappa shape index (κ3) is 2.29. The van der Waals surface area contributed by atoms with E-state index in [9.17, 15) is 4.79 Å². The summed E-state index contributed by atoms with van der Waals surface area (Å²) in [6.07, 6.45) is 8.69. The Balaban J connectivity index is 1.52. The molecule has 0 aromatic carbocycles. The number of carbonyl (C=O) groups is 1. The molecule has 3 atom stereocenters. The van der Waals surface area contributed by atoms with Gasteiger partial charge in [0.1, 0.15) is 0 Å². The monoisotopic (exact) mass is 250 g/mol. The molecule has 3 rings (SSSR count). The minimum absolute atomic E-state index is 0.298. The first-order valence-corrected chi connectivity index (χ1v) is 7.82. The van der Waals surface area contributed by atoms with E-state index in [1.54, 1.807) is 0 Å². The molecule has 3 heterocycles. The third-order valence-electron chi connectivity index (χ3n) is 5.24. The standard InChI is InChI=1S/C15H26N2O/c1-2-3-11-6-8-17(9-7-11)15(18)13-10-12-4-5-14(13)16-12/h11-14,16H,2-10H2,1H3. The van der Waals surface area contributed by atoms with Crippen LogP contribution in [0, 0.1) is 11.8 Å². The van der Waals surface area contributed by atoms with Gasteiger partial charge in [-0.25, -0.2) is 0 Å². The summed E-state index contributed by atoms with van der Waals surface area (Å²) in [5.74, 6) is 1.62. The number of fused-ring (bicyclic) bond motifs is 2. The van der Waals surface area contributed by atoms with Crippen molar-refractivity contribution in [1.82, 2.24) is 10.2 Å². The first-order valence-electron chi connectivity index (χ1n) is 7.82. The Bertz CT molecular complexity index is 310. The average molecular weight is 250 g/mol. The quantitative estimate of drug-likeness (QED) is 0.832. The Morgan fingerprint density at radius 3 is 2.56 bits per heavy atom. The molecule has 0 aromatic heterocycles. The molecule has 1 N–H and O–H groups in total. The lowest BCUT2D eigenvalue weighted by atomic mass is 9.86. The fourth-order valence-corrected chi connectivity index (χ4v) is 4.18. The van der Waals surface area contributed by atoms with Crippen LogP contribution in [0.3, 0.4) is 0 Å². The molecule has 1 amide bonds. The largest absolute Gasteiger partial charge is 0.342 e. The summed E-state index contributed by atoms with van der Waals surface area (Å²) < 4.78 is 0. The summed E-state index contributed by atoms with van der Waals surface area (Å²) in [7, 11) is 0. The molecule has 3 heteroatoms. The molecular weight excluding hydrogens is 224 g/mol. The Morgan fingerprint density at radius 2 is 2.00 bits per heavy atom. The lowest BCUT2D eigenvalue weighted by Crippen LogP contribution is -2.44. The maximum absolute atomic E-state index is 12.5. The first-order chi connectivity index (χ1) is 8.78. The average Bonchev–Trinajstić information content (AvgIpc) is 3.01. The van der Waals surface area contributed by atoms with E-state index >= 15 is 0 Å². The van der Waals surface area contributed by atoms with Crippen LogP contribution in [0.25, 0.3) is 0 Å². The highest BCUT2D eigenvalue weighted by Crippen LogP contribution is 2.35. The van der Waals surface area contributed by atoms with Gasteiger partial charge in [0, 0.05) is 25.2 Å². The number of piperidine rings is 1. The minimum atomic E-state index is 0.298. The highest BCUT2D eigenvalue weighted by Gasteiger charge is 2.44. The van der Waals surface area contributed by atoms with Crippen molar-refractivity contribution in [3.63, 3.8) is 0 Å². The lowest BCUT2D eigenvalue weighted by molar-refractivity contribution is -0.137. The predicted octanol–water partition coefficient (Wildman–Crippen LogP) is 2.17. The fraction of sp³-hybridized carbons (Fsp3) is 0.933. The Hall–Kier alpha value is -0.570. The number of rotatable bonds is 3. The Kier molecular flexibility index (Phi) is 3.60. The molecule has 102 valence electrons. The topological polar surface area (TPSA) is 32.3 Å². The summed E-state index contributed by atoms with van der Waals surface area (Å²) in [5, 5.41) is 3.58. The molecule has 3 nitrogen and oxygen atoms in total. The van der Waals surface area contributed by atoms with E-state index in [2.05, 4.69) is 17.1 Å². The highest BCUT2D eigenvalue weighted by molar-refractivity contribution is 5.80. The summed E-state index contributed by atoms with van der Waals surface area (Å²) in [6, 6.07) is 1.14. The van der Waals surface area contributed by atoms with Crippen LogP contribution in [0.1, 0.15) is 51.9 Å². The molecule has 0 spiro atoms. The van der Waals surface area contributed by atoms with Crippen molar-refractivity contribution in [1.29, 1.82) is 0 Å². The van der Waals surface area contributed by atoms with Gasteiger partial charge in [-0.05, 0) is 38.0 Å². The van der Waals surface area contributed by atoms with Crippen LogP contribution in [0.2, 0.25) is 0 Å².